The van der Waals surface area contributed by atoms with Crippen molar-refractivity contribution in [2.75, 3.05) is 13.1 Å². The monoisotopic (exact) mass is 263 g/mol. The summed E-state index contributed by atoms with van der Waals surface area (Å²) in [4.78, 5) is 24.6. The molecule has 0 bridgehead atoms. The molecule has 2 rings (SSSR count). The van der Waals surface area contributed by atoms with Crippen LogP contribution in [0.15, 0.2) is 24.3 Å². The Morgan fingerprint density at radius 1 is 1.26 bits per heavy atom. The van der Waals surface area contributed by atoms with Gasteiger partial charge in [0.15, 0.2) is 0 Å². The Bertz CT molecular complexity index is 481. The number of carbonyl (C=O) groups excluding carboxylic acids is 1. The lowest BCUT2D eigenvalue weighted by atomic mass is 10.0. The maximum atomic E-state index is 12.2. The second-order valence-electron chi connectivity index (χ2n) is 4.92. The average Bonchev–Trinajstić information content (AvgIpc) is 2.87. The third kappa shape index (κ3) is 2.93. The zero-order chi connectivity index (χ0) is 14.0. The molecule has 0 saturated carbocycles. The zero-order valence-corrected chi connectivity index (χ0v) is 10.7. The van der Waals surface area contributed by atoms with E-state index in [2.05, 4.69) is 0 Å². The molecule has 1 aliphatic heterocycles. The van der Waals surface area contributed by atoms with Crippen LogP contribution in [0, 0.1) is 5.92 Å². The van der Waals surface area contributed by atoms with Crippen LogP contribution in [0.25, 0.3) is 0 Å². The van der Waals surface area contributed by atoms with Crippen molar-refractivity contribution < 1.29 is 19.8 Å². The minimum absolute atomic E-state index is 0.111. The number of likely N-dealkylation sites (tertiary alicyclic amines) is 1. The summed E-state index contributed by atoms with van der Waals surface area (Å²) in [6, 6.07) is 5.92. The molecule has 5 heteroatoms. The number of aliphatic hydroxyl groups excluding tert-OH is 1. The lowest BCUT2D eigenvalue weighted by Crippen LogP contribution is -2.30. The number of amides is 1. The van der Waals surface area contributed by atoms with Gasteiger partial charge in [0.1, 0.15) is 0 Å². The fourth-order valence-electron chi connectivity index (χ4n) is 2.30. The van der Waals surface area contributed by atoms with E-state index in [0.29, 0.717) is 18.7 Å². The van der Waals surface area contributed by atoms with Crippen LogP contribution in [0.5, 0.6) is 0 Å². The highest BCUT2D eigenvalue weighted by Crippen LogP contribution is 2.21. The Morgan fingerprint density at radius 2 is 1.84 bits per heavy atom. The van der Waals surface area contributed by atoms with Gasteiger partial charge >= 0.3 is 5.97 Å². The third-order valence-electron chi connectivity index (χ3n) is 3.57. The lowest BCUT2D eigenvalue weighted by molar-refractivity contribution is 0.0694. The van der Waals surface area contributed by atoms with Crippen LogP contribution in [0.3, 0.4) is 0 Å². The zero-order valence-electron chi connectivity index (χ0n) is 10.7. The Labute approximate surface area is 111 Å². The molecular formula is C14H17NO4. The molecule has 1 amide bonds. The van der Waals surface area contributed by atoms with E-state index in [9.17, 15) is 14.7 Å². The minimum Gasteiger partial charge on any atom is -0.478 e. The van der Waals surface area contributed by atoms with Crippen LogP contribution in [0.4, 0.5) is 0 Å². The molecule has 1 heterocycles. The number of hydrogen-bond acceptors (Lipinski definition) is 3. The van der Waals surface area contributed by atoms with Gasteiger partial charge in [0, 0.05) is 24.6 Å². The summed E-state index contributed by atoms with van der Waals surface area (Å²) in [6.07, 6.45) is 0.392. The Kier molecular flexibility index (Phi) is 3.85. The van der Waals surface area contributed by atoms with E-state index in [1.807, 2.05) is 0 Å². The summed E-state index contributed by atoms with van der Waals surface area (Å²) in [7, 11) is 0. The van der Waals surface area contributed by atoms with Gasteiger partial charge in [0.25, 0.3) is 5.91 Å². The molecule has 0 spiro atoms. The smallest absolute Gasteiger partial charge is 0.335 e. The summed E-state index contributed by atoms with van der Waals surface area (Å²) < 4.78 is 0. The molecule has 2 unspecified atom stereocenters. The van der Waals surface area contributed by atoms with Gasteiger partial charge in [0.2, 0.25) is 0 Å². The van der Waals surface area contributed by atoms with Gasteiger partial charge in [-0.3, -0.25) is 4.79 Å². The first-order valence-corrected chi connectivity index (χ1v) is 6.29. The summed E-state index contributed by atoms with van der Waals surface area (Å²) in [5.41, 5.74) is 0.649. The Hall–Kier alpha value is -1.88. The highest BCUT2D eigenvalue weighted by molar-refractivity contribution is 5.96. The van der Waals surface area contributed by atoms with Crippen molar-refractivity contribution in [3.63, 3.8) is 0 Å². The molecule has 1 aliphatic rings. The molecule has 1 aromatic rings. The standard InChI is InChI=1S/C14H17NO4/c1-9(16)12-6-7-15(8-12)13(17)10-2-4-11(5-3-10)14(18)19/h2-5,9,12,16H,6-8H2,1H3,(H,18,19). The number of nitrogens with zero attached hydrogens (tertiary/aromatic N) is 1. The predicted octanol–water partition coefficient (Wildman–Crippen LogP) is 1.23. The first kappa shape index (κ1) is 13.5. The summed E-state index contributed by atoms with van der Waals surface area (Å²) in [6.45, 7) is 2.92. The molecule has 1 aromatic carbocycles. The van der Waals surface area contributed by atoms with Crippen LogP contribution in [-0.2, 0) is 0 Å². The molecule has 0 radical (unpaired) electrons. The second kappa shape index (κ2) is 5.40. The quantitative estimate of drug-likeness (QED) is 0.859. The van der Waals surface area contributed by atoms with E-state index in [-0.39, 0.29) is 17.4 Å². The largest absolute Gasteiger partial charge is 0.478 e. The van der Waals surface area contributed by atoms with Crippen molar-refractivity contribution in [1.82, 2.24) is 4.90 Å². The number of aromatic carboxylic acids is 1. The van der Waals surface area contributed by atoms with Crippen LogP contribution in [0.2, 0.25) is 0 Å². The van der Waals surface area contributed by atoms with Crippen molar-refractivity contribution in [2.45, 2.75) is 19.4 Å². The molecule has 1 fully saturated rings. The summed E-state index contributed by atoms with van der Waals surface area (Å²) in [5, 5.41) is 18.3. The molecule has 0 aliphatic carbocycles. The topological polar surface area (TPSA) is 77.8 Å². The summed E-state index contributed by atoms with van der Waals surface area (Å²) >= 11 is 0. The van der Waals surface area contributed by atoms with Crippen molar-refractivity contribution in [1.29, 1.82) is 0 Å². The van der Waals surface area contributed by atoms with Gasteiger partial charge in [-0.05, 0) is 37.6 Å². The number of rotatable bonds is 3. The molecule has 102 valence electrons. The van der Waals surface area contributed by atoms with E-state index >= 15 is 0 Å². The SMILES string of the molecule is CC(O)C1CCN(C(=O)c2ccc(C(=O)O)cc2)C1. The van der Waals surface area contributed by atoms with Crippen molar-refractivity contribution in [2.24, 2.45) is 5.92 Å². The molecular weight excluding hydrogens is 246 g/mol. The number of aliphatic hydroxyl groups is 1. The normalized spacial score (nSPS) is 20.3. The second-order valence-corrected chi connectivity index (χ2v) is 4.92. The average molecular weight is 263 g/mol. The highest BCUT2D eigenvalue weighted by atomic mass is 16.4. The van der Waals surface area contributed by atoms with Gasteiger partial charge in [0.05, 0.1) is 11.7 Å². The van der Waals surface area contributed by atoms with E-state index in [0.717, 1.165) is 6.42 Å². The molecule has 19 heavy (non-hydrogen) atoms. The van der Waals surface area contributed by atoms with Crippen LogP contribution < -0.4 is 0 Å². The minimum atomic E-state index is -1.01. The van der Waals surface area contributed by atoms with Crippen molar-refractivity contribution >= 4 is 11.9 Å². The van der Waals surface area contributed by atoms with E-state index in [1.54, 1.807) is 11.8 Å². The van der Waals surface area contributed by atoms with Crippen LogP contribution >= 0.6 is 0 Å². The maximum absolute atomic E-state index is 12.2. The fourth-order valence-corrected chi connectivity index (χ4v) is 2.30. The highest BCUT2D eigenvalue weighted by Gasteiger charge is 2.29. The Morgan fingerprint density at radius 3 is 2.32 bits per heavy atom. The van der Waals surface area contributed by atoms with Gasteiger partial charge in [-0.15, -0.1) is 0 Å². The molecule has 2 N–H and O–H groups in total. The molecule has 1 saturated heterocycles. The fraction of sp³-hybridized carbons (Fsp3) is 0.429. The lowest BCUT2D eigenvalue weighted by Gasteiger charge is -2.17. The Balaban J connectivity index is 2.06. The number of carboxylic acid groups (broad SMARTS) is 1. The van der Waals surface area contributed by atoms with Gasteiger partial charge in [-0.2, -0.15) is 0 Å². The summed E-state index contributed by atoms with van der Waals surface area (Å²) in [5.74, 6) is -0.989. The van der Waals surface area contributed by atoms with Crippen LogP contribution in [-0.4, -0.2) is 46.2 Å². The van der Waals surface area contributed by atoms with Gasteiger partial charge in [-0.1, -0.05) is 0 Å². The number of carbonyl (C=O) groups is 2. The first-order chi connectivity index (χ1) is 8.99. The van der Waals surface area contributed by atoms with Gasteiger partial charge < -0.3 is 15.1 Å². The van der Waals surface area contributed by atoms with Crippen molar-refractivity contribution in [3.05, 3.63) is 35.4 Å². The van der Waals surface area contributed by atoms with Gasteiger partial charge in [-0.25, -0.2) is 4.79 Å². The van der Waals surface area contributed by atoms with E-state index in [4.69, 9.17) is 5.11 Å². The van der Waals surface area contributed by atoms with Crippen LogP contribution in [0.1, 0.15) is 34.1 Å². The number of carboxylic acids is 1. The molecule has 5 nitrogen and oxygen atoms in total. The molecule has 2 atom stereocenters. The maximum Gasteiger partial charge on any atom is 0.335 e. The number of benzene rings is 1. The first-order valence-electron chi connectivity index (χ1n) is 6.29. The van der Waals surface area contributed by atoms with E-state index in [1.165, 1.54) is 24.3 Å². The number of hydrogen-bond donors (Lipinski definition) is 2. The third-order valence-corrected chi connectivity index (χ3v) is 3.57. The predicted molar refractivity (Wildman–Crippen MR) is 69.1 cm³/mol. The van der Waals surface area contributed by atoms with Crippen molar-refractivity contribution in [3.8, 4) is 0 Å². The van der Waals surface area contributed by atoms with E-state index < -0.39 is 12.1 Å². The molecule has 0 aromatic heterocycles.